The van der Waals surface area contributed by atoms with E-state index in [-0.39, 0.29) is 11.3 Å². The highest BCUT2D eigenvalue weighted by Crippen LogP contribution is 2.28. The molecule has 2 aromatic rings. The van der Waals surface area contributed by atoms with E-state index in [4.69, 9.17) is 0 Å². The fourth-order valence-corrected chi connectivity index (χ4v) is 3.44. The van der Waals surface area contributed by atoms with Crippen LogP contribution < -0.4 is 5.32 Å². The lowest BCUT2D eigenvalue weighted by Gasteiger charge is -2.33. The van der Waals surface area contributed by atoms with Crippen molar-refractivity contribution in [1.29, 1.82) is 0 Å². The van der Waals surface area contributed by atoms with Crippen LogP contribution in [0.2, 0.25) is 0 Å². The standard InChI is InChI=1S/C23H30N2O/c1-5-21-16-25(14-13-24-21)22(26)18-11-9-17(10-12-18)19-7-6-8-20(15-19)23(2,3)4/h6-12,15,21,24H,5,13-14,16H2,1-4H3/t21-/m0/s1. The van der Waals surface area contributed by atoms with Gasteiger partial charge < -0.3 is 10.2 Å². The summed E-state index contributed by atoms with van der Waals surface area (Å²) in [6.07, 6.45) is 1.05. The largest absolute Gasteiger partial charge is 0.336 e. The Morgan fingerprint density at radius 2 is 1.85 bits per heavy atom. The minimum atomic E-state index is 0.129. The summed E-state index contributed by atoms with van der Waals surface area (Å²) in [5.41, 5.74) is 4.58. The lowest BCUT2D eigenvalue weighted by Crippen LogP contribution is -2.52. The van der Waals surface area contributed by atoms with Crippen LogP contribution in [0.3, 0.4) is 0 Å². The number of nitrogens with one attached hydrogen (secondary N) is 1. The maximum atomic E-state index is 12.8. The Bertz CT molecular complexity index is 759. The third kappa shape index (κ3) is 4.16. The Labute approximate surface area is 157 Å². The number of rotatable bonds is 3. The first-order chi connectivity index (χ1) is 12.4. The number of carbonyl (C=O) groups excluding carboxylic acids is 1. The highest BCUT2D eigenvalue weighted by Gasteiger charge is 2.23. The number of piperazine rings is 1. The average Bonchev–Trinajstić information content (AvgIpc) is 2.67. The van der Waals surface area contributed by atoms with Gasteiger partial charge in [0.2, 0.25) is 0 Å². The molecule has 1 heterocycles. The molecule has 3 heteroatoms. The summed E-state index contributed by atoms with van der Waals surface area (Å²) >= 11 is 0. The summed E-state index contributed by atoms with van der Waals surface area (Å²) in [6, 6.07) is 17.1. The highest BCUT2D eigenvalue weighted by molar-refractivity contribution is 5.94. The van der Waals surface area contributed by atoms with Crippen LogP contribution in [0, 0.1) is 0 Å². The number of benzene rings is 2. The predicted octanol–water partition coefficient (Wildman–Crippen LogP) is 4.48. The second-order valence-corrected chi connectivity index (χ2v) is 8.22. The van der Waals surface area contributed by atoms with Crippen LogP contribution in [0.25, 0.3) is 11.1 Å². The molecule has 0 radical (unpaired) electrons. The summed E-state index contributed by atoms with van der Waals surface area (Å²) in [5, 5.41) is 3.46. The molecule has 0 bridgehead atoms. The van der Waals surface area contributed by atoms with Crippen molar-refractivity contribution >= 4 is 5.91 Å². The van der Waals surface area contributed by atoms with E-state index in [2.05, 4.69) is 69.4 Å². The summed E-state index contributed by atoms with van der Waals surface area (Å²) in [7, 11) is 0. The first-order valence-corrected chi connectivity index (χ1v) is 9.62. The summed E-state index contributed by atoms with van der Waals surface area (Å²) in [5.74, 6) is 0.139. The number of hydrogen-bond donors (Lipinski definition) is 1. The van der Waals surface area contributed by atoms with Crippen molar-refractivity contribution in [1.82, 2.24) is 10.2 Å². The van der Waals surface area contributed by atoms with Gasteiger partial charge in [-0.05, 0) is 40.7 Å². The lowest BCUT2D eigenvalue weighted by molar-refractivity contribution is 0.0701. The van der Waals surface area contributed by atoms with E-state index in [1.807, 2.05) is 17.0 Å². The maximum Gasteiger partial charge on any atom is 0.253 e. The molecule has 0 saturated carbocycles. The van der Waals surface area contributed by atoms with Crippen LogP contribution in [-0.2, 0) is 5.41 Å². The third-order valence-corrected chi connectivity index (χ3v) is 5.23. The molecular weight excluding hydrogens is 320 g/mol. The quantitative estimate of drug-likeness (QED) is 0.885. The van der Waals surface area contributed by atoms with Gasteiger partial charge in [0.05, 0.1) is 0 Å². The van der Waals surface area contributed by atoms with Gasteiger partial charge in [-0.25, -0.2) is 0 Å². The Hall–Kier alpha value is -2.13. The number of nitrogens with zero attached hydrogens (tertiary/aromatic N) is 1. The van der Waals surface area contributed by atoms with Crippen molar-refractivity contribution in [3.8, 4) is 11.1 Å². The Balaban J connectivity index is 1.77. The topological polar surface area (TPSA) is 32.3 Å². The molecule has 1 amide bonds. The zero-order chi connectivity index (χ0) is 18.7. The smallest absolute Gasteiger partial charge is 0.253 e. The van der Waals surface area contributed by atoms with Gasteiger partial charge in [-0.1, -0.05) is 64.1 Å². The van der Waals surface area contributed by atoms with Gasteiger partial charge in [-0.15, -0.1) is 0 Å². The van der Waals surface area contributed by atoms with Crippen molar-refractivity contribution in [3.63, 3.8) is 0 Å². The van der Waals surface area contributed by atoms with Crippen molar-refractivity contribution in [2.24, 2.45) is 0 Å². The number of carbonyl (C=O) groups is 1. The average molecular weight is 351 g/mol. The van der Waals surface area contributed by atoms with Gasteiger partial charge in [0.15, 0.2) is 0 Å². The van der Waals surface area contributed by atoms with E-state index in [1.165, 1.54) is 11.1 Å². The molecule has 1 atom stereocenters. The molecule has 1 aliphatic heterocycles. The number of hydrogen-bond acceptors (Lipinski definition) is 2. The Morgan fingerprint density at radius 1 is 1.12 bits per heavy atom. The van der Waals surface area contributed by atoms with Crippen LogP contribution in [-0.4, -0.2) is 36.5 Å². The van der Waals surface area contributed by atoms with Crippen LogP contribution in [0.1, 0.15) is 50.0 Å². The van der Waals surface area contributed by atoms with Gasteiger partial charge in [-0.3, -0.25) is 4.79 Å². The summed E-state index contributed by atoms with van der Waals surface area (Å²) in [4.78, 5) is 14.8. The molecule has 0 spiro atoms. The van der Waals surface area contributed by atoms with Crippen molar-refractivity contribution in [3.05, 3.63) is 59.7 Å². The zero-order valence-corrected chi connectivity index (χ0v) is 16.4. The van der Waals surface area contributed by atoms with E-state index in [9.17, 15) is 4.79 Å². The zero-order valence-electron chi connectivity index (χ0n) is 16.4. The molecular formula is C23H30N2O. The van der Waals surface area contributed by atoms with Crippen molar-refractivity contribution in [2.75, 3.05) is 19.6 Å². The van der Waals surface area contributed by atoms with Gasteiger partial charge in [-0.2, -0.15) is 0 Å². The number of amides is 1. The summed E-state index contributed by atoms with van der Waals surface area (Å²) in [6.45, 7) is 11.3. The second-order valence-electron chi connectivity index (χ2n) is 8.22. The van der Waals surface area contributed by atoms with Gasteiger partial charge in [0.1, 0.15) is 0 Å². The third-order valence-electron chi connectivity index (χ3n) is 5.23. The molecule has 0 aromatic heterocycles. The second kappa shape index (κ2) is 7.63. The van der Waals surface area contributed by atoms with Crippen LogP contribution in [0.15, 0.2) is 48.5 Å². The molecule has 0 aliphatic carbocycles. The van der Waals surface area contributed by atoms with Gasteiger partial charge >= 0.3 is 0 Å². The molecule has 3 rings (SSSR count). The maximum absolute atomic E-state index is 12.8. The normalized spacial score (nSPS) is 18.0. The molecule has 26 heavy (non-hydrogen) atoms. The molecule has 1 N–H and O–H groups in total. The molecule has 1 saturated heterocycles. The van der Waals surface area contributed by atoms with Crippen LogP contribution in [0.5, 0.6) is 0 Å². The Morgan fingerprint density at radius 3 is 2.50 bits per heavy atom. The lowest BCUT2D eigenvalue weighted by atomic mass is 9.85. The van der Waals surface area contributed by atoms with Crippen LogP contribution >= 0.6 is 0 Å². The van der Waals surface area contributed by atoms with E-state index in [0.29, 0.717) is 6.04 Å². The predicted molar refractivity (Wildman–Crippen MR) is 109 cm³/mol. The SMILES string of the molecule is CC[C@H]1CN(C(=O)c2ccc(-c3cccc(C(C)(C)C)c3)cc2)CCN1. The molecule has 1 fully saturated rings. The first kappa shape index (κ1) is 18.7. The van der Waals surface area contributed by atoms with E-state index < -0.39 is 0 Å². The fourth-order valence-electron chi connectivity index (χ4n) is 3.44. The molecule has 3 nitrogen and oxygen atoms in total. The van der Waals surface area contributed by atoms with Crippen molar-refractivity contribution < 1.29 is 4.79 Å². The first-order valence-electron chi connectivity index (χ1n) is 9.62. The summed E-state index contributed by atoms with van der Waals surface area (Å²) < 4.78 is 0. The van der Waals surface area contributed by atoms with E-state index >= 15 is 0 Å². The minimum absolute atomic E-state index is 0.129. The van der Waals surface area contributed by atoms with Crippen LogP contribution in [0.4, 0.5) is 0 Å². The Kier molecular flexibility index (Phi) is 5.47. The van der Waals surface area contributed by atoms with Gasteiger partial charge in [0.25, 0.3) is 5.91 Å². The molecule has 0 unspecified atom stereocenters. The molecule has 1 aliphatic rings. The minimum Gasteiger partial charge on any atom is -0.336 e. The fraction of sp³-hybridized carbons (Fsp3) is 0.435. The van der Waals surface area contributed by atoms with E-state index in [1.54, 1.807) is 0 Å². The van der Waals surface area contributed by atoms with Crippen molar-refractivity contribution in [2.45, 2.75) is 45.6 Å². The van der Waals surface area contributed by atoms with Gasteiger partial charge in [0, 0.05) is 31.2 Å². The highest BCUT2D eigenvalue weighted by atomic mass is 16.2. The van der Waals surface area contributed by atoms with E-state index in [0.717, 1.165) is 37.2 Å². The molecule has 138 valence electrons. The monoisotopic (exact) mass is 350 g/mol. The molecule has 2 aromatic carbocycles.